The van der Waals surface area contributed by atoms with Crippen LogP contribution in [0.25, 0.3) is 0 Å². The number of hydrogen-bond acceptors (Lipinski definition) is 5. The molecular formula is C12H9F2N3O3. The van der Waals surface area contributed by atoms with Gasteiger partial charge in [-0.3, -0.25) is 16.0 Å². The van der Waals surface area contributed by atoms with E-state index in [9.17, 15) is 18.9 Å². The molecular weight excluding hydrogens is 272 g/mol. The maximum absolute atomic E-state index is 13.5. The van der Waals surface area contributed by atoms with E-state index in [1.54, 1.807) is 0 Å². The third kappa shape index (κ3) is 2.50. The average Bonchev–Trinajstić information content (AvgIpc) is 2.43. The lowest BCUT2D eigenvalue weighted by atomic mass is 10.2. The van der Waals surface area contributed by atoms with Crippen molar-refractivity contribution >= 4 is 11.4 Å². The topological polar surface area (TPSA) is 90.4 Å². The fourth-order valence-electron chi connectivity index (χ4n) is 1.59. The van der Waals surface area contributed by atoms with Gasteiger partial charge < -0.3 is 10.2 Å². The first-order valence-electron chi connectivity index (χ1n) is 5.40. The molecule has 0 amide bonds. The Balaban J connectivity index is 2.48. The van der Waals surface area contributed by atoms with Crippen LogP contribution in [0.15, 0.2) is 36.4 Å². The van der Waals surface area contributed by atoms with Gasteiger partial charge in [0.05, 0.1) is 4.92 Å². The summed E-state index contributed by atoms with van der Waals surface area (Å²) in [6.45, 7) is 0. The number of nitro benzene ring substituents is 1. The number of hydrogen-bond donors (Lipinski definition) is 2. The molecule has 0 radical (unpaired) electrons. The van der Waals surface area contributed by atoms with Crippen LogP contribution in [-0.2, 0) is 0 Å². The van der Waals surface area contributed by atoms with Crippen molar-refractivity contribution in [2.45, 2.75) is 0 Å². The van der Waals surface area contributed by atoms with Gasteiger partial charge in [0.2, 0.25) is 11.6 Å². The number of para-hydroxylation sites is 1. The van der Waals surface area contributed by atoms with E-state index in [1.807, 2.05) is 0 Å². The summed E-state index contributed by atoms with van der Waals surface area (Å²) in [5.41, 5.74) is 1.66. The minimum atomic E-state index is -1.23. The maximum Gasteiger partial charge on any atom is 0.335 e. The molecule has 0 aliphatic carbocycles. The summed E-state index contributed by atoms with van der Waals surface area (Å²) in [6, 6.07) is 7.33. The van der Waals surface area contributed by atoms with Gasteiger partial charge in [-0.25, -0.2) is 4.39 Å². The van der Waals surface area contributed by atoms with Crippen molar-refractivity contribution in [3.63, 3.8) is 0 Å². The van der Waals surface area contributed by atoms with Gasteiger partial charge in [-0.15, -0.1) is 0 Å². The lowest BCUT2D eigenvalue weighted by Crippen LogP contribution is -2.09. The zero-order chi connectivity index (χ0) is 14.7. The minimum Gasteiger partial charge on any atom is -0.447 e. The van der Waals surface area contributed by atoms with Gasteiger partial charge in [-0.2, -0.15) is 4.39 Å². The number of ether oxygens (including phenoxy) is 1. The van der Waals surface area contributed by atoms with Gasteiger partial charge >= 0.3 is 5.69 Å². The van der Waals surface area contributed by atoms with Crippen LogP contribution >= 0.6 is 0 Å². The molecule has 0 aliphatic rings. The molecule has 0 atom stereocenters. The molecule has 8 heteroatoms. The highest BCUT2D eigenvalue weighted by atomic mass is 19.2. The normalized spacial score (nSPS) is 10.2. The average molecular weight is 281 g/mol. The van der Waals surface area contributed by atoms with Crippen LogP contribution in [0.2, 0.25) is 0 Å². The molecule has 20 heavy (non-hydrogen) atoms. The molecule has 2 aromatic carbocycles. The summed E-state index contributed by atoms with van der Waals surface area (Å²) >= 11 is 0. The summed E-state index contributed by atoms with van der Waals surface area (Å²) in [4.78, 5) is 10.3. The molecule has 0 fully saturated rings. The van der Waals surface area contributed by atoms with Gasteiger partial charge in [-0.1, -0.05) is 12.1 Å². The van der Waals surface area contributed by atoms with E-state index < -0.39 is 28.0 Å². The quantitative estimate of drug-likeness (QED) is 0.511. The van der Waals surface area contributed by atoms with E-state index in [-0.39, 0.29) is 11.4 Å². The first-order chi connectivity index (χ1) is 9.54. The van der Waals surface area contributed by atoms with Crippen molar-refractivity contribution in [2.75, 3.05) is 5.43 Å². The van der Waals surface area contributed by atoms with Gasteiger partial charge in [0, 0.05) is 0 Å². The fraction of sp³-hybridized carbons (Fsp3) is 0. The maximum atomic E-state index is 13.5. The molecule has 0 saturated carbocycles. The number of rotatable bonds is 4. The summed E-state index contributed by atoms with van der Waals surface area (Å²) in [6.07, 6.45) is 0. The Hall–Kier alpha value is -2.74. The molecule has 6 nitrogen and oxygen atoms in total. The summed E-state index contributed by atoms with van der Waals surface area (Å²) in [5.74, 6) is 2.11. The zero-order valence-electron chi connectivity index (χ0n) is 9.97. The second kappa shape index (κ2) is 5.49. The molecule has 0 heterocycles. The van der Waals surface area contributed by atoms with Crippen LogP contribution in [0.1, 0.15) is 0 Å². The number of nitro groups is 1. The van der Waals surface area contributed by atoms with Crippen molar-refractivity contribution in [2.24, 2.45) is 5.84 Å². The Kier molecular flexibility index (Phi) is 3.76. The van der Waals surface area contributed by atoms with Crippen molar-refractivity contribution in [1.29, 1.82) is 0 Å². The minimum absolute atomic E-state index is 0.00990. The Labute approximate surface area is 111 Å². The molecule has 0 aliphatic heterocycles. The molecule has 3 N–H and O–H groups in total. The SMILES string of the molecule is NNc1cccc(Oc2cccc(F)c2F)c1[N+](=O)[O-]. The predicted octanol–water partition coefficient (Wildman–Crippen LogP) is 2.95. The third-order valence-corrected chi connectivity index (χ3v) is 2.47. The largest absolute Gasteiger partial charge is 0.447 e. The van der Waals surface area contributed by atoms with E-state index in [1.165, 1.54) is 24.3 Å². The Bertz CT molecular complexity index is 664. The Morgan fingerprint density at radius 3 is 2.45 bits per heavy atom. The van der Waals surface area contributed by atoms with E-state index in [0.717, 1.165) is 12.1 Å². The number of nitrogen functional groups attached to an aromatic ring is 1. The van der Waals surface area contributed by atoms with Crippen molar-refractivity contribution in [3.8, 4) is 11.5 Å². The molecule has 104 valence electrons. The van der Waals surface area contributed by atoms with Crippen molar-refractivity contribution < 1.29 is 18.4 Å². The second-order valence-electron chi connectivity index (χ2n) is 3.71. The predicted molar refractivity (Wildman–Crippen MR) is 67.3 cm³/mol. The molecule has 2 rings (SSSR count). The summed E-state index contributed by atoms with van der Waals surface area (Å²) in [5, 5.41) is 11.0. The standard InChI is InChI=1S/C12H9F2N3O3/c13-7-3-1-5-9(11(7)14)20-10-6-2-4-8(16-15)12(10)17(18)19/h1-6,16H,15H2. The highest BCUT2D eigenvalue weighted by Crippen LogP contribution is 2.37. The number of halogens is 2. The number of benzene rings is 2. The fourth-order valence-corrected chi connectivity index (χ4v) is 1.59. The van der Waals surface area contributed by atoms with Gasteiger partial charge in [0.25, 0.3) is 0 Å². The highest BCUT2D eigenvalue weighted by Gasteiger charge is 2.22. The number of nitrogens with one attached hydrogen (secondary N) is 1. The molecule has 0 aromatic heterocycles. The van der Waals surface area contributed by atoms with Crippen LogP contribution < -0.4 is 16.0 Å². The van der Waals surface area contributed by atoms with Crippen LogP contribution in [0, 0.1) is 21.7 Å². The van der Waals surface area contributed by atoms with E-state index in [4.69, 9.17) is 10.6 Å². The van der Waals surface area contributed by atoms with Crippen LogP contribution in [-0.4, -0.2) is 4.92 Å². The zero-order valence-corrected chi connectivity index (χ0v) is 9.97. The lowest BCUT2D eigenvalue weighted by molar-refractivity contribution is -0.384. The van der Waals surface area contributed by atoms with E-state index in [2.05, 4.69) is 5.43 Å². The molecule has 0 unspecified atom stereocenters. The number of nitrogens with zero attached hydrogens (tertiary/aromatic N) is 1. The molecule has 0 spiro atoms. The Morgan fingerprint density at radius 1 is 1.15 bits per heavy atom. The van der Waals surface area contributed by atoms with Crippen LogP contribution in [0.5, 0.6) is 11.5 Å². The van der Waals surface area contributed by atoms with Crippen molar-refractivity contribution in [3.05, 3.63) is 58.1 Å². The van der Waals surface area contributed by atoms with Crippen LogP contribution in [0.4, 0.5) is 20.2 Å². The molecule has 0 bridgehead atoms. The lowest BCUT2D eigenvalue weighted by Gasteiger charge is -2.09. The first kappa shape index (κ1) is 13.7. The third-order valence-electron chi connectivity index (χ3n) is 2.47. The summed E-state index contributed by atoms with van der Waals surface area (Å²) in [7, 11) is 0. The second-order valence-corrected chi connectivity index (χ2v) is 3.71. The highest BCUT2D eigenvalue weighted by molar-refractivity contribution is 5.68. The van der Waals surface area contributed by atoms with Gasteiger partial charge in [0.15, 0.2) is 11.6 Å². The monoisotopic (exact) mass is 281 g/mol. The van der Waals surface area contributed by atoms with E-state index in [0.29, 0.717) is 0 Å². The van der Waals surface area contributed by atoms with E-state index >= 15 is 0 Å². The molecule has 2 aromatic rings. The smallest absolute Gasteiger partial charge is 0.335 e. The number of nitrogens with two attached hydrogens (primary N) is 1. The van der Waals surface area contributed by atoms with Crippen LogP contribution in [0.3, 0.4) is 0 Å². The van der Waals surface area contributed by atoms with Crippen molar-refractivity contribution in [1.82, 2.24) is 0 Å². The van der Waals surface area contributed by atoms with Gasteiger partial charge in [-0.05, 0) is 24.3 Å². The van der Waals surface area contributed by atoms with Gasteiger partial charge in [0.1, 0.15) is 5.69 Å². The number of anilines is 1. The summed E-state index contributed by atoms with van der Waals surface area (Å²) < 4.78 is 31.6. The first-order valence-corrected chi connectivity index (χ1v) is 5.40. The Morgan fingerprint density at radius 2 is 1.80 bits per heavy atom. The molecule has 0 saturated heterocycles. The number of hydrazine groups is 1.